The molecule has 2 aromatic carbocycles. The number of carbonyl (C=O) groups excluding carboxylic acids is 1. The van der Waals surface area contributed by atoms with Crippen LogP contribution < -0.4 is 14.4 Å². The van der Waals surface area contributed by atoms with E-state index < -0.39 is 18.3 Å². The van der Waals surface area contributed by atoms with E-state index in [1.54, 1.807) is 38.3 Å². The summed E-state index contributed by atoms with van der Waals surface area (Å²) >= 11 is 0. The molecule has 0 spiro atoms. The number of benzene rings is 2. The number of methoxy groups -OCH3 is 1. The van der Waals surface area contributed by atoms with E-state index >= 15 is 0 Å². The van der Waals surface area contributed by atoms with Crippen molar-refractivity contribution in [2.75, 3.05) is 18.6 Å². The molecular weight excluding hydrogens is 322 g/mol. The Morgan fingerprint density at radius 2 is 2.00 bits per heavy atom. The van der Waals surface area contributed by atoms with Gasteiger partial charge in [-0.15, -0.1) is 0 Å². The van der Waals surface area contributed by atoms with Crippen LogP contribution in [0.2, 0.25) is 0 Å². The second kappa shape index (κ2) is 7.44. The van der Waals surface area contributed by atoms with Gasteiger partial charge in [0.05, 0.1) is 19.8 Å². The predicted octanol–water partition coefficient (Wildman–Crippen LogP) is 2.98. The van der Waals surface area contributed by atoms with Crippen LogP contribution in [0, 0.1) is 0 Å². The molecule has 1 aliphatic rings. The number of cyclic esters (lactones) is 1. The topological polar surface area (TPSA) is 68.2 Å². The first-order valence-electron chi connectivity index (χ1n) is 8.09. The maximum Gasteiger partial charge on any atom is 0.414 e. The summed E-state index contributed by atoms with van der Waals surface area (Å²) < 4.78 is 16.1. The summed E-state index contributed by atoms with van der Waals surface area (Å²) in [4.78, 5) is 13.4. The molecule has 0 aliphatic carbocycles. The molecule has 0 bridgehead atoms. The van der Waals surface area contributed by atoms with Gasteiger partial charge in [0.15, 0.2) is 0 Å². The van der Waals surface area contributed by atoms with E-state index in [1.165, 1.54) is 4.90 Å². The molecule has 3 rings (SSSR count). The monoisotopic (exact) mass is 343 g/mol. The molecule has 1 saturated heterocycles. The van der Waals surface area contributed by atoms with E-state index in [0.717, 1.165) is 11.3 Å². The molecule has 0 saturated carbocycles. The van der Waals surface area contributed by atoms with Crippen LogP contribution in [0.3, 0.4) is 0 Å². The molecule has 1 aliphatic heterocycles. The standard InChI is InChI=1S/C19H21NO5/c1-13(21)18-11-20(19(22)25-18)15-6-8-16(9-7-15)24-12-14-4-3-5-17(10-14)23-2/h3-10,13,18,21H,11-12H2,1-2H3. The normalized spacial score (nSPS) is 18.0. The Morgan fingerprint density at radius 3 is 2.64 bits per heavy atom. The molecule has 25 heavy (non-hydrogen) atoms. The van der Waals surface area contributed by atoms with E-state index in [0.29, 0.717) is 24.6 Å². The average molecular weight is 343 g/mol. The molecule has 1 N–H and O–H groups in total. The maximum absolute atomic E-state index is 11.9. The van der Waals surface area contributed by atoms with Gasteiger partial charge in [-0.3, -0.25) is 4.90 Å². The molecular formula is C19H21NO5. The van der Waals surface area contributed by atoms with E-state index in [1.807, 2.05) is 24.3 Å². The number of anilines is 1. The zero-order valence-electron chi connectivity index (χ0n) is 14.2. The van der Waals surface area contributed by atoms with Crippen molar-refractivity contribution in [1.29, 1.82) is 0 Å². The van der Waals surface area contributed by atoms with Gasteiger partial charge >= 0.3 is 6.09 Å². The van der Waals surface area contributed by atoms with Gasteiger partial charge in [0, 0.05) is 5.69 Å². The van der Waals surface area contributed by atoms with Crippen molar-refractivity contribution in [1.82, 2.24) is 0 Å². The molecule has 0 radical (unpaired) electrons. The molecule has 1 heterocycles. The van der Waals surface area contributed by atoms with Gasteiger partial charge in [0.25, 0.3) is 0 Å². The van der Waals surface area contributed by atoms with Crippen LogP contribution in [0.1, 0.15) is 12.5 Å². The molecule has 6 heteroatoms. The number of aliphatic hydroxyl groups excluding tert-OH is 1. The van der Waals surface area contributed by atoms with Crippen molar-refractivity contribution in [3.05, 3.63) is 54.1 Å². The third-order valence-electron chi connectivity index (χ3n) is 4.06. The Labute approximate surface area is 146 Å². The highest BCUT2D eigenvalue weighted by atomic mass is 16.6. The summed E-state index contributed by atoms with van der Waals surface area (Å²) in [6, 6.07) is 14.9. The van der Waals surface area contributed by atoms with Crippen LogP contribution >= 0.6 is 0 Å². The molecule has 6 nitrogen and oxygen atoms in total. The summed E-state index contributed by atoms with van der Waals surface area (Å²) in [5, 5.41) is 9.56. The van der Waals surface area contributed by atoms with Gasteiger partial charge in [-0.05, 0) is 48.9 Å². The number of rotatable bonds is 6. The van der Waals surface area contributed by atoms with Gasteiger partial charge in [0.1, 0.15) is 24.2 Å². The number of hydrogen-bond donors (Lipinski definition) is 1. The second-order valence-corrected chi connectivity index (χ2v) is 5.91. The summed E-state index contributed by atoms with van der Waals surface area (Å²) in [5.41, 5.74) is 1.72. The summed E-state index contributed by atoms with van der Waals surface area (Å²) in [6.07, 6.45) is -1.65. The summed E-state index contributed by atoms with van der Waals surface area (Å²) in [7, 11) is 1.63. The minimum Gasteiger partial charge on any atom is -0.497 e. The molecule has 2 aromatic rings. The average Bonchev–Trinajstić information content (AvgIpc) is 3.03. The quantitative estimate of drug-likeness (QED) is 0.873. The van der Waals surface area contributed by atoms with E-state index in [9.17, 15) is 9.90 Å². The molecule has 132 valence electrons. The smallest absolute Gasteiger partial charge is 0.414 e. The number of carbonyl (C=O) groups is 1. The van der Waals surface area contributed by atoms with Crippen LogP contribution in [0.25, 0.3) is 0 Å². The van der Waals surface area contributed by atoms with Crippen LogP contribution in [0.4, 0.5) is 10.5 Å². The largest absolute Gasteiger partial charge is 0.497 e. The first kappa shape index (κ1) is 17.1. The van der Waals surface area contributed by atoms with E-state index in [-0.39, 0.29) is 0 Å². The lowest BCUT2D eigenvalue weighted by molar-refractivity contribution is 0.0437. The Kier molecular flexibility index (Phi) is 5.09. The van der Waals surface area contributed by atoms with Crippen LogP contribution in [-0.4, -0.2) is 37.1 Å². The van der Waals surface area contributed by atoms with Crippen LogP contribution in [0.15, 0.2) is 48.5 Å². The lowest BCUT2D eigenvalue weighted by Crippen LogP contribution is -2.29. The van der Waals surface area contributed by atoms with Crippen molar-refractivity contribution in [3.8, 4) is 11.5 Å². The maximum atomic E-state index is 11.9. The fraction of sp³-hybridized carbons (Fsp3) is 0.316. The highest BCUT2D eigenvalue weighted by molar-refractivity contribution is 5.89. The lowest BCUT2D eigenvalue weighted by atomic mass is 10.2. The van der Waals surface area contributed by atoms with Crippen molar-refractivity contribution >= 4 is 11.8 Å². The fourth-order valence-electron chi connectivity index (χ4n) is 2.60. The van der Waals surface area contributed by atoms with E-state index in [4.69, 9.17) is 14.2 Å². The van der Waals surface area contributed by atoms with E-state index in [2.05, 4.69) is 0 Å². The van der Waals surface area contributed by atoms with Crippen molar-refractivity contribution in [2.24, 2.45) is 0 Å². The number of hydrogen-bond acceptors (Lipinski definition) is 5. The first-order chi connectivity index (χ1) is 12.1. The molecule has 2 atom stereocenters. The molecule has 2 unspecified atom stereocenters. The fourth-order valence-corrected chi connectivity index (χ4v) is 2.60. The van der Waals surface area contributed by atoms with Gasteiger partial charge < -0.3 is 19.3 Å². The molecule has 1 amide bonds. The van der Waals surface area contributed by atoms with Crippen molar-refractivity contribution < 1.29 is 24.1 Å². The SMILES string of the molecule is COc1cccc(COc2ccc(N3CC(C(C)O)OC3=O)cc2)c1. The Hall–Kier alpha value is -2.73. The van der Waals surface area contributed by atoms with Crippen molar-refractivity contribution in [3.63, 3.8) is 0 Å². The van der Waals surface area contributed by atoms with Crippen LogP contribution in [-0.2, 0) is 11.3 Å². The Balaban J connectivity index is 1.61. The first-order valence-corrected chi connectivity index (χ1v) is 8.09. The lowest BCUT2D eigenvalue weighted by Gasteiger charge is -2.14. The van der Waals surface area contributed by atoms with Crippen molar-refractivity contribution in [2.45, 2.75) is 25.7 Å². The molecule has 1 fully saturated rings. The molecule has 0 aromatic heterocycles. The number of ether oxygens (including phenoxy) is 3. The zero-order valence-corrected chi connectivity index (χ0v) is 14.2. The minimum atomic E-state index is -0.695. The third-order valence-corrected chi connectivity index (χ3v) is 4.06. The second-order valence-electron chi connectivity index (χ2n) is 5.91. The summed E-state index contributed by atoms with van der Waals surface area (Å²) in [6.45, 7) is 2.36. The van der Waals surface area contributed by atoms with Gasteiger partial charge in [-0.25, -0.2) is 4.79 Å². The van der Waals surface area contributed by atoms with Crippen LogP contribution in [0.5, 0.6) is 11.5 Å². The Bertz CT molecular complexity index is 729. The predicted molar refractivity (Wildman–Crippen MR) is 93.1 cm³/mol. The number of aliphatic hydroxyl groups is 1. The highest BCUT2D eigenvalue weighted by Gasteiger charge is 2.34. The highest BCUT2D eigenvalue weighted by Crippen LogP contribution is 2.25. The van der Waals surface area contributed by atoms with Gasteiger partial charge in [-0.2, -0.15) is 0 Å². The third kappa shape index (κ3) is 4.03. The Morgan fingerprint density at radius 1 is 1.24 bits per heavy atom. The number of amides is 1. The summed E-state index contributed by atoms with van der Waals surface area (Å²) in [5.74, 6) is 1.49. The zero-order chi connectivity index (χ0) is 17.8. The minimum absolute atomic E-state index is 0.334. The van der Waals surface area contributed by atoms with Gasteiger partial charge in [0.2, 0.25) is 0 Å². The number of nitrogens with zero attached hydrogens (tertiary/aromatic N) is 1. The van der Waals surface area contributed by atoms with Gasteiger partial charge in [-0.1, -0.05) is 12.1 Å².